The molecule has 0 spiro atoms. The maximum Gasteiger partial charge on any atom is 0.246 e. The molecule has 6 heteroatoms. The minimum Gasteiger partial charge on any atom is -0.356 e. The summed E-state index contributed by atoms with van der Waals surface area (Å²) >= 11 is 0. The summed E-state index contributed by atoms with van der Waals surface area (Å²) in [6, 6.07) is 7.26. The molecule has 0 aliphatic carbocycles. The summed E-state index contributed by atoms with van der Waals surface area (Å²) in [6.07, 6.45) is 5.87. The fourth-order valence-corrected chi connectivity index (χ4v) is 2.94. The number of nitrogens with zero attached hydrogens (tertiary/aromatic N) is 1. The lowest BCUT2D eigenvalue weighted by Gasteiger charge is -2.31. The van der Waals surface area contributed by atoms with Crippen LogP contribution in [0.2, 0.25) is 0 Å². The summed E-state index contributed by atoms with van der Waals surface area (Å²) in [5.74, 6) is -0.276. The third kappa shape index (κ3) is 6.02. The Morgan fingerprint density at radius 2 is 1.96 bits per heavy atom. The van der Waals surface area contributed by atoms with Gasteiger partial charge in [-0.05, 0) is 43.0 Å². The smallest absolute Gasteiger partial charge is 0.246 e. The first-order chi connectivity index (χ1) is 12.5. The Hall–Kier alpha value is -2.63. The van der Waals surface area contributed by atoms with Gasteiger partial charge in [0, 0.05) is 38.3 Å². The fourth-order valence-electron chi connectivity index (χ4n) is 2.94. The zero-order chi connectivity index (χ0) is 18.9. The first-order valence-electron chi connectivity index (χ1n) is 9.12. The first-order valence-corrected chi connectivity index (χ1v) is 9.12. The molecule has 26 heavy (non-hydrogen) atoms. The zero-order valence-corrected chi connectivity index (χ0v) is 15.5. The summed E-state index contributed by atoms with van der Waals surface area (Å²) < 4.78 is 0. The van der Waals surface area contributed by atoms with E-state index in [1.54, 1.807) is 29.2 Å². The molecule has 0 radical (unpaired) electrons. The van der Waals surface area contributed by atoms with Gasteiger partial charge in [0.1, 0.15) is 0 Å². The predicted molar refractivity (Wildman–Crippen MR) is 102 cm³/mol. The number of carbonyl (C=O) groups excluding carboxylic acids is 3. The quantitative estimate of drug-likeness (QED) is 0.768. The fraction of sp³-hybridized carbons (Fsp3) is 0.450. The van der Waals surface area contributed by atoms with E-state index in [0.717, 1.165) is 30.5 Å². The zero-order valence-electron chi connectivity index (χ0n) is 15.5. The van der Waals surface area contributed by atoms with Gasteiger partial charge in [-0.1, -0.05) is 19.1 Å². The van der Waals surface area contributed by atoms with Gasteiger partial charge >= 0.3 is 0 Å². The highest BCUT2D eigenvalue weighted by Crippen LogP contribution is 2.17. The number of benzene rings is 1. The van der Waals surface area contributed by atoms with Crippen LogP contribution < -0.4 is 10.6 Å². The number of likely N-dealkylation sites (tertiary alicyclic amines) is 1. The molecule has 0 bridgehead atoms. The summed E-state index contributed by atoms with van der Waals surface area (Å²) in [5, 5.41) is 5.62. The number of rotatable bonds is 6. The lowest BCUT2D eigenvalue weighted by molar-refractivity contribution is -0.132. The molecule has 2 N–H and O–H groups in total. The van der Waals surface area contributed by atoms with Crippen LogP contribution >= 0.6 is 0 Å². The van der Waals surface area contributed by atoms with Gasteiger partial charge in [-0.25, -0.2) is 0 Å². The number of anilines is 1. The van der Waals surface area contributed by atoms with Crippen molar-refractivity contribution < 1.29 is 14.4 Å². The van der Waals surface area contributed by atoms with E-state index in [1.165, 1.54) is 6.92 Å². The Bertz CT molecular complexity index is 667. The second-order valence-corrected chi connectivity index (χ2v) is 6.55. The molecule has 3 amide bonds. The molecule has 1 fully saturated rings. The SMILES string of the molecule is CCCNC(=O)C1CCCN(C(=O)/C=C/c2ccc(NC(C)=O)cc2)C1. The number of carbonyl (C=O) groups is 3. The third-order valence-corrected chi connectivity index (χ3v) is 4.30. The van der Waals surface area contributed by atoms with Crippen LogP contribution in [-0.2, 0) is 14.4 Å². The Morgan fingerprint density at radius 1 is 1.23 bits per heavy atom. The Labute approximate surface area is 154 Å². The van der Waals surface area contributed by atoms with Crippen LogP contribution in [0.15, 0.2) is 30.3 Å². The predicted octanol–water partition coefficient (Wildman–Crippen LogP) is 2.42. The standard InChI is InChI=1S/C20H27N3O3/c1-3-12-21-20(26)17-5-4-13-23(14-17)19(25)11-8-16-6-9-18(10-7-16)22-15(2)24/h6-11,17H,3-5,12-14H2,1-2H3,(H,21,26)(H,22,24)/b11-8+. The summed E-state index contributed by atoms with van der Waals surface area (Å²) in [7, 11) is 0. The van der Waals surface area contributed by atoms with Crippen molar-refractivity contribution in [2.45, 2.75) is 33.1 Å². The van der Waals surface area contributed by atoms with Gasteiger partial charge in [0.15, 0.2) is 0 Å². The third-order valence-electron chi connectivity index (χ3n) is 4.30. The maximum atomic E-state index is 12.4. The minimum absolute atomic E-state index is 0.0434. The number of hydrogen-bond donors (Lipinski definition) is 2. The Balaban J connectivity index is 1.90. The topological polar surface area (TPSA) is 78.5 Å². The average Bonchev–Trinajstić information content (AvgIpc) is 2.65. The average molecular weight is 357 g/mol. The van der Waals surface area contributed by atoms with Crippen LogP contribution in [0.25, 0.3) is 6.08 Å². The summed E-state index contributed by atoms with van der Waals surface area (Å²) in [6.45, 7) is 5.31. The van der Waals surface area contributed by atoms with Crippen molar-refractivity contribution in [3.8, 4) is 0 Å². The van der Waals surface area contributed by atoms with Gasteiger partial charge in [-0.3, -0.25) is 14.4 Å². The van der Waals surface area contributed by atoms with Gasteiger partial charge in [0.2, 0.25) is 17.7 Å². The normalized spacial score (nSPS) is 17.2. The second kappa shape index (κ2) is 9.75. The van der Waals surface area contributed by atoms with Gasteiger partial charge in [0.05, 0.1) is 5.92 Å². The van der Waals surface area contributed by atoms with Crippen molar-refractivity contribution in [2.24, 2.45) is 5.92 Å². The van der Waals surface area contributed by atoms with Crippen molar-refractivity contribution >= 4 is 29.5 Å². The van der Waals surface area contributed by atoms with Gasteiger partial charge in [-0.2, -0.15) is 0 Å². The molecule has 0 aromatic heterocycles. The van der Waals surface area contributed by atoms with Crippen LogP contribution in [0.4, 0.5) is 5.69 Å². The van der Waals surface area contributed by atoms with Crippen molar-refractivity contribution in [3.05, 3.63) is 35.9 Å². The molecule has 2 rings (SSSR count). The Kier molecular flexibility index (Phi) is 7.38. The minimum atomic E-state index is -0.121. The summed E-state index contributed by atoms with van der Waals surface area (Å²) in [5.41, 5.74) is 1.60. The first kappa shape index (κ1) is 19.7. The van der Waals surface area contributed by atoms with Crippen molar-refractivity contribution in [1.29, 1.82) is 0 Å². The molecule has 1 heterocycles. The highest BCUT2D eigenvalue weighted by atomic mass is 16.2. The molecule has 1 aromatic carbocycles. The van der Waals surface area contributed by atoms with Gasteiger partial charge < -0.3 is 15.5 Å². The van der Waals surface area contributed by atoms with E-state index < -0.39 is 0 Å². The van der Waals surface area contributed by atoms with Crippen molar-refractivity contribution in [3.63, 3.8) is 0 Å². The molecule has 1 saturated heterocycles. The number of hydrogen-bond acceptors (Lipinski definition) is 3. The lowest BCUT2D eigenvalue weighted by atomic mass is 9.97. The Morgan fingerprint density at radius 3 is 2.62 bits per heavy atom. The van der Waals surface area contributed by atoms with Crippen LogP contribution in [0.5, 0.6) is 0 Å². The van der Waals surface area contributed by atoms with E-state index in [4.69, 9.17) is 0 Å². The van der Waals surface area contributed by atoms with E-state index in [0.29, 0.717) is 19.6 Å². The molecule has 140 valence electrons. The number of nitrogens with one attached hydrogen (secondary N) is 2. The van der Waals surface area contributed by atoms with Gasteiger partial charge in [0.25, 0.3) is 0 Å². The van der Waals surface area contributed by atoms with Crippen LogP contribution in [0.1, 0.15) is 38.7 Å². The van der Waals surface area contributed by atoms with E-state index >= 15 is 0 Å². The van der Waals surface area contributed by atoms with E-state index in [-0.39, 0.29) is 23.6 Å². The van der Waals surface area contributed by atoms with Crippen LogP contribution in [-0.4, -0.2) is 42.3 Å². The number of piperidine rings is 1. The largest absolute Gasteiger partial charge is 0.356 e. The molecule has 1 aromatic rings. The molecule has 1 aliphatic heterocycles. The molecular formula is C20H27N3O3. The molecule has 1 atom stereocenters. The number of amides is 3. The summed E-state index contributed by atoms with van der Waals surface area (Å²) in [4.78, 5) is 37.3. The van der Waals surface area contributed by atoms with Gasteiger partial charge in [-0.15, -0.1) is 0 Å². The van der Waals surface area contributed by atoms with Crippen molar-refractivity contribution in [2.75, 3.05) is 25.0 Å². The molecule has 1 unspecified atom stereocenters. The molecule has 6 nitrogen and oxygen atoms in total. The molecule has 0 saturated carbocycles. The van der Waals surface area contributed by atoms with Crippen molar-refractivity contribution in [1.82, 2.24) is 10.2 Å². The monoisotopic (exact) mass is 357 g/mol. The molecule has 1 aliphatic rings. The molecular weight excluding hydrogens is 330 g/mol. The second-order valence-electron chi connectivity index (χ2n) is 6.55. The van der Waals surface area contributed by atoms with E-state index in [9.17, 15) is 14.4 Å². The van der Waals surface area contributed by atoms with E-state index in [2.05, 4.69) is 10.6 Å². The van der Waals surface area contributed by atoms with E-state index in [1.807, 2.05) is 19.1 Å². The van der Waals surface area contributed by atoms with Crippen LogP contribution in [0, 0.1) is 5.92 Å². The lowest BCUT2D eigenvalue weighted by Crippen LogP contribution is -2.45. The van der Waals surface area contributed by atoms with Crippen LogP contribution in [0.3, 0.4) is 0 Å². The highest BCUT2D eigenvalue weighted by Gasteiger charge is 2.27. The maximum absolute atomic E-state index is 12.4. The highest BCUT2D eigenvalue weighted by molar-refractivity contribution is 5.92.